The summed E-state index contributed by atoms with van der Waals surface area (Å²) in [6.45, 7) is 3.51. The third-order valence-corrected chi connectivity index (χ3v) is 3.57. The fourth-order valence-corrected chi connectivity index (χ4v) is 2.04. The molecule has 0 bridgehead atoms. The van der Waals surface area contributed by atoms with Crippen LogP contribution in [0.1, 0.15) is 13.8 Å². The zero-order valence-corrected chi connectivity index (χ0v) is 12.3. The van der Waals surface area contributed by atoms with Gasteiger partial charge >= 0.3 is 5.97 Å². The Kier molecular flexibility index (Phi) is 5.10. The smallest absolute Gasteiger partial charge is 0.345 e. The maximum atomic E-state index is 11.0. The van der Waals surface area contributed by atoms with Crippen LogP contribution in [-0.4, -0.2) is 17.2 Å². The molecule has 0 fully saturated rings. The van der Waals surface area contributed by atoms with E-state index in [0.717, 1.165) is 0 Å². The molecule has 0 spiro atoms. The molecule has 1 aromatic carbocycles. The van der Waals surface area contributed by atoms with E-state index in [9.17, 15) is 4.79 Å². The summed E-state index contributed by atoms with van der Waals surface area (Å²) in [6.07, 6.45) is -0.954. The van der Waals surface area contributed by atoms with Crippen molar-refractivity contribution >= 4 is 45.1 Å². The van der Waals surface area contributed by atoms with Crippen LogP contribution < -0.4 is 4.74 Å². The van der Waals surface area contributed by atoms with Gasteiger partial charge in [0.15, 0.2) is 6.10 Å². The van der Waals surface area contributed by atoms with Gasteiger partial charge in [-0.25, -0.2) is 4.79 Å². The molecular formula is C11H11BrCl2O3. The van der Waals surface area contributed by atoms with Crippen LogP contribution in [0, 0.1) is 5.92 Å². The van der Waals surface area contributed by atoms with E-state index in [2.05, 4.69) is 15.9 Å². The highest BCUT2D eigenvalue weighted by atomic mass is 79.9. The molecule has 1 aromatic rings. The van der Waals surface area contributed by atoms with Gasteiger partial charge in [0.2, 0.25) is 0 Å². The number of carboxylic acid groups (broad SMARTS) is 1. The predicted octanol–water partition coefficient (Wildman–Crippen LogP) is 4.24. The molecule has 0 radical (unpaired) electrons. The maximum Gasteiger partial charge on any atom is 0.345 e. The van der Waals surface area contributed by atoms with Gasteiger partial charge in [-0.05, 0) is 22.0 Å². The third-order valence-electron chi connectivity index (χ3n) is 2.08. The molecule has 6 heteroatoms. The Morgan fingerprint density at radius 2 is 1.94 bits per heavy atom. The highest BCUT2D eigenvalue weighted by molar-refractivity contribution is 9.10. The molecule has 1 rings (SSSR count). The second-order valence-corrected chi connectivity index (χ2v) is 5.49. The number of ether oxygens (including phenoxy) is 1. The first kappa shape index (κ1) is 14.6. The molecule has 0 amide bonds. The Morgan fingerprint density at radius 3 is 2.41 bits per heavy atom. The van der Waals surface area contributed by atoms with Gasteiger partial charge in [0.25, 0.3) is 0 Å². The molecule has 3 nitrogen and oxygen atoms in total. The Hall–Kier alpha value is -0.450. The number of rotatable bonds is 4. The SMILES string of the molecule is CC(C)C(Oc1cc(Cl)c(Br)cc1Cl)C(=O)O. The number of carboxylic acids is 1. The predicted molar refractivity (Wildman–Crippen MR) is 71.1 cm³/mol. The molecule has 0 aromatic heterocycles. The Morgan fingerprint density at radius 1 is 1.35 bits per heavy atom. The van der Waals surface area contributed by atoms with Crippen LogP contribution in [-0.2, 0) is 4.79 Å². The fraction of sp³-hybridized carbons (Fsp3) is 0.364. The summed E-state index contributed by atoms with van der Waals surface area (Å²) in [5, 5.41) is 9.74. The molecule has 0 aliphatic carbocycles. The first-order chi connectivity index (χ1) is 7.82. The van der Waals surface area contributed by atoms with E-state index in [1.807, 2.05) is 0 Å². The van der Waals surface area contributed by atoms with Crippen molar-refractivity contribution in [2.45, 2.75) is 20.0 Å². The summed E-state index contributed by atoms with van der Waals surface area (Å²) in [7, 11) is 0. The highest BCUT2D eigenvalue weighted by Crippen LogP contribution is 2.35. The Balaban J connectivity index is 3.01. The molecule has 0 heterocycles. The van der Waals surface area contributed by atoms with Crippen molar-refractivity contribution in [3.8, 4) is 5.75 Å². The van der Waals surface area contributed by atoms with Gasteiger partial charge in [-0.1, -0.05) is 37.0 Å². The van der Waals surface area contributed by atoms with E-state index >= 15 is 0 Å². The van der Waals surface area contributed by atoms with Gasteiger partial charge in [0.1, 0.15) is 5.75 Å². The van der Waals surface area contributed by atoms with E-state index in [0.29, 0.717) is 14.5 Å². The monoisotopic (exact) mass is 340 g/mol. The van der Waals surface area contributed by atoms with Gasteiger partial charge in [0.05, 0.1) is 10.0 Å². The van der Waals surface area contributed by atoms with Gasteiger partial charge in [0, 0.05) is 16.5 Å². The van der Waals surface area contributed by atoms with Crippen molar-refractivity contribution < 1.29 is 14.6 Å². The summed E-state index contributed by atoms with van der Waals surface area (Å²) in [5.41, 5.74) is 0. The minimum atomic E-state index is -1.03. The molecule has 0 saturated carbocycles. The molecule has 1 N–H and O–H groups in total. The van der Waals surface area contributed by atoms with E-state index in [-0.39, 0.29) is 11.7 Å². The van der Waals surface area contributed by atoms with Gasteiger partial charge < -0.3 is 9.84 Å². The van der Waals surface area contributed by atoms with Gasteiger partial charge in [-0.2, -0.15) is 0 Å². The Labute approximate surface area is 118 Å². The topological polar surface area (TPSA) is 46.5 Å². The van der Waals surface area contributed by atoms with Crippen LogP contribution in [0.15, 0.2) is 16.6 Å². The zero-order valence-electron chi connectivity index (χ0n) is 9.21. The highest BCUT2D eigenvalue weighted by Gasteiger charge is 2.24. The first-order valence-electron chi connectivity index (χ1n) is 4.87. The van der Waals surface area contributed by atoms with Crippen molar-refractivity contribution in [3.05, 3.63) is 26.7 Å². The molecule has 0 aliphatic rings. The summed E-state index contributed by atoms with van der Waals surface area (Å²) in [4.78, 5) is 11.0. The van der Waals surface area contributed by atoms with Gasteiger partial charge in [-0.15, -0.1) is 0 Å². The van der Waals surface area contributed by atoms with Crippen LogP contribution in [0.5, 0.6) is 5.75 Å². The van der Waals surface area contributed by atoms with Crippen molar-refractivity contribution in [1.29, 1.82) is 0 Å². The van der Waals surface area contributed by atoms with E-state index in [1.165, 1.54) is 6.07 Å². The molecule has 17 heavy (non-hydrogen) atoms. The molecular weight excluding hydrogens is 331 g/mol. The van der Waals surface area contributed by atoms with Gasteiger partial charge in [-0.3, -0.25) is 0 Å². The number of aliphatic carboxylic acids is 1. The second kappa shape index (κ2) is 5.94. The maximum absolute atomic E-state index is 11.0. The van der Waals surface area contributed by atoms with E-state index < -0.39 is 12.1 Å². The number of hydrogen-bond acceptors (Lipinski definition) is 2. The summed E-state index contributed by atoms with van der Waals surface area (Å²) in [5.74, 6) is -0.943. The molecule has 0 saturated heterocycles. The van der Waals surface area contributed by atoms with E-state index in [1.54, 1.807) is 19.9 Å². The minimum Gasteiger partial charge on any atom is -0.478 e. The zero-order chi connectivity index (χ0) is 13.2. The third kappa shape index (κ3) is 3.76. The lowest BCUT2D eigenvalue weighted by molar-refractivity contribution is -0.147. The lowest BCUT2D eigenvalue weighted by atomic mass is 10.1. The summed E-state index contributed by atoms with van der Waals surface area (Å²) < 4.78 is 6.00. The molecule has 0 aliphatic heterocycles. The number of halogens is 3. The average molecular weight is 342 g/mol. The molecule has 94 valence electrons. The summed E-state index contributed by atoms with van der Waals surface area (Å²) >= 11 is 15.1. The Bertz CT molecular complexity index is 435. The van der Waals surface area contributed by atoms with Crippen molar-refractivity contribution in [1.82, 2.24) is 0 Å². The van der Waals surface area contributed by atoms with Crippen molar-refractivity contribution in [2.75, 3.05) is 0 Å². The fourth-order valence-electron chi connectivity index (χ4n) is 1.20. The van der Waals surface area contributed by atoms with Crippen molar-refractivity contribution in [2.24, 2.45) is 5.92 Å². The average Bonchev–Trinajstić information content (AvgIpc) is 2.20. The first-order valence-corrected chi connectivity index (χ1v) is 6.41. The van der Waals surface area contributed by atoms with Crippen LogP contribution in [0.25, 0.3) is 0 Å². The normalized spacial score (nSPS) is 12.6. The van der Waals surface area contributed by atoms with Crippen LogP contribution in [0.3, 0.4) is 0 Å². The standard InChI is InChI=1S/C11H11BrCl2O3/c1-5(2)10(11(15)16)17-9-4-7(13)6(12)3-8(9)14/h3-5,10H,1-2H3,(H,15,16). The summed E-state index contributed by atoms with van der Waals surface area (Å²) in [6, 6.07) is 3.06. The van der Waals surface area contributed by atoms with Crippen LogP contribution >= 0.6 is 39.1 Å². The molecule has 1 unspecified atom stereocenters. The lowest BCUT2D eigenvalue weighted by Gasteiger charge is -2.19. The number of hydrogen-bond donors (Lipinski definition) is 1. The van der Waals surface area contributed by atoms with Crippen LogP contribution in [0.2, 0.25) is 10.0 Å². The second-order valence-electron chi connectivity index (χ2n) is 3.82. The largest absolute Gasteiger partial charge is 0.478 e. The number of carbonyl (C=O) groups is 1. The van der Waals surface area contributed by atoms with Crippen LogP contribution in [0.4, 0.5) is 0 Å². The minimum absolute atomic E-state index is 0.175. The molecule has 1 atom stereocenters. The lowest BCUT2D eigenvalue weighted by Crippen LogP contribution is -2.32. The quantitative estimate of drug-likeness (QED) is 0.833. The van der Waals surface area contributed by atoms with Crippen molar-refractivity contribution in [3.63, 3.8) is 0 Å². The van der Waals surface area contributed by atoms with E-state index in [4.69, 9.17) is 33.0 Å². The number of benzene rings is 1.